The van der Waals surface area contributed by atoms with Gasteiger partial charge in [-0.3, -0.25) is 4.79 Å². The zero-order valence-corrected chi connectivity index (χ0v) is 15.4. The van der Waals surface area contributed by atoms with Gasteiger partial charge in [-0.1, -0.05) is 24.6 Å². The van der Waals surface area contributed by atoms with Gasteiger partial charge in [0, 0.05) is 17.3 Å². The van der Waals surface area contributed by atoms with E-state index in [0.29, 0.717) is 10.7 Å². The highest BCUT2D eigenvalue weighted by atomic mass is 35.5. The summed E-state index contributed by atoms with van der Waals surface area (Å²) in [5, 5.41) is 3.12. The predicted molar refractivity (Wildman–Crippen MR) is 95.7 cm³/mol. The van der Waals surface area contributed by atoms with Crippen LogP contribution in [0, 0.1) is 12.7 Å². The molecule has 2 rings (SSSR count). The van der Waals surface area contributed by atoms with Crippen LogP contribution in [-0.2, 0) is 14.8 Å². The molecule has 2 aromatic carbocycles. The van der Waals surface area contributed by atoms with E-state index in [-0.39, 0.29) is 18.0 Å². The number of aryl methyl sites for hydroxylation is 1. The molecule has 0 aliphatic rings. The van der Waals surface area contributed by atoms with Crippen LogP contribution in [0.3, 0.4) is 0 Å². The lowest BCUT2D eigenvalue weighted by molar-refractivity contribution is -0.116. The maximum absolute atomic E-state index is 13.0. The zero-order valence-electron chi connectivity index (χ0n) is 13.8. The number of halogens is 2. The molecular weight excluding hydrogens is 367 g/mol. The minimum atomic E-state index is -3.89. The van der Waals surface area contributed by atoms with Gasteiger partial charge in [0.2, 0.25) is 15.9 Å². The number of nitrogens with one attached hydrogen (secondary N) is 1. The molecule has 0 aliphatic heterocycles. The first-order chi connectivity index (χ1) is 11.7. The summed E-state index contributed by atoms with van der Waals surface area (Å²) in [6.45, 7) is 3.17. The Morgan fingerprint density at radius 3 is 2.44 bits per heavy atom. The van der Waals surface area contributed by atoms with Gasteiger partial charge in [0.25, 0.3) is 0 Å². The first kappa shape index (κ1) is 19.4. The number of carbonyl (C=O) groups excluding carboxylic acids is 1. The van der Waals surface area contributed by atoms with Crippen LogP contribution < -0.4 is 5.32 Å². The van der Waals surface area contributed by atoms with Crippen LogP contribution in [0.15, 0.2) is 47.4 Å². The number of amides is 1. The average Bonchev–Trinajstić information content (AvgIpc) is 2.56. The van der Waals surface area contributed by atoms with Gasteiger partial charge in [0.15, 0.2) is 0 Å². The number of anilines is 1. The third-order valence-corrected chi connectivity index (χ3v) is 5.77. The fourth-order valence-electron chi connectivity index (χ4n) is 2.20. The van der Waals surface area contributed by atoms with Crippen LogP contribution in [0.2, 0.25) is 5.02 Å². The summed E-state index contributed by atoms with van der Waals surface area (Å²) in [5.41, 5.74) is 1.33. The van der Waals surface area contributed by atoms with Gasteiger partial charge in [-0.25, -0.2) is 12.8 Å². The molecule has 0 spiro atoms. The molecule has 0 atom stereocenters. The first-order valence-electron chi connectivity index (χ1n) is 7.55. The third-order valence-electron chi connectivity index (χ3n) is 3.60. The SMILES string of the molecule is CCN(CC(=O)Nc1cc(Cl)ccc1C)S(=O)(=O)c1ccc(F)cc1. The smallest absolute Gasteiger partial charge is 0.243 e. The number of rotatable bonds is 6. The number of benzene rings is 2. The zero-order chi connectivity index (χ0) is 18.6. The summed E-state index contributed by atoms with van der Waals surface area (Å²) >= 11 is 5.91. The molecule has 0 saturated heterocycles. The van der Waals surface area contributed by atoms with Crippen LogP contribution in [0.1, 0.15) is 12.5 Å². The van der Waals surface area contributed by atoms with Crippen molar-refractivity contribution in [3.8, 4) is 0 Å². The molecule has 0 aliphatic carbocycles. The summed E-state index contributed by atoms with van der Waals surface area (Å²) < 4.78 is 39.2. The summed E-state index contributed by atoms with van der Waals surface area (Å²) in [4.78, 5) is 12.2. The molecule has 134 valence electrons. The molecule has 8 heteroatoms. The van der Waals surface area contributed by atoms with Crippen molar-refractivity contribution in [2.45, 2.75) is 18.7 Å². The Labute approximate surface area is 151 Å². The average molecular weight is 385 g/mol. The van der Waals surface area contributed by atoms with E-state index in [0.717, 1.165) is 22.0 Å². The minimum Gasteiger partial charge on any atom is -0.325 e. The molecule has 0 heterocycles. The van der Waals surface area contributed by atoms with Crippen LogP contribution in [0.4, 0.5) is 10.1 Å². The van der Waals surface area contributed by atoms with E-state index in [4.69, 9.17) is 11.6 Å². The van der Waals surface area contributed by atoms with Crippen molar-refractivity contribution in [2.75, 3.05) is 18.4 Å². The Hall–Kier alpha value is -1.96. The largest absolute Gasteiger partial charge is 0.325 e. The lowest BCUT2D eigenvalue weighted by atomic mass is 10.2. The number of sulfonamides is 1. The highest BCUT2D eigenvalue weighted by molar-refractivity contribution is 7.89. The van der Waals surface area contributed by atoms with Crippen molar-refractivity contribution in [3.05, 3.63) is 58.9 Å². The van der Waals surface area contributed by atoms with Gasteiger partial charge < -0.3 is 5.32 Å². The van der Waals surface area contributed by atoms with E-state index >= 15 is 0 Å². The van der Waals surface area contributed by atoms with Gasteiger partial charge in [-0.2, -0.15) is 4.31 Å². The molecule has 25 heavy (non-hydrogen) atoms. The molecule has 0 saturated carbocycles. The van der Waals surface area contributed by atoms with Crippen LogP contribution in [0.5, 0.6) is 0 Å². The summed E-state index contributed by atoms with van der Waals surface area (Å²) in [6, 6.07) is 9.53. The van der Waals surface area contributed by atoms with E-state index in [9.17, 15) is 17.6 Å². The van der Waals surface area contributed by atoms with Gasteiger partial charge in [-0.05, 0) is 48.9 Å². The van der Waals surface area contributed by atoms with Crippen molar-refractivity contribution in [1.29, 1.82) is 0 Å². The van der Waals surface area contributed by atoms with Crippen molar-refractivity contribution in [1.82, 2.24) is 4.31 Å². The Morgan fingerprint density at radius 1 is 1.20 bits per heavy atom. The maximum Gasteiger partial charge on any atom is 0.243 e. The highest BCUT2D eigenvalue weighted by Crippen LogP contribution is 2.21. The van der Waals surface area contributed by atoms with Crippen molar-refractivity contribution in [3.63, 3.8) is 0 Å². The quantitative estimate of drug-likeness (QED) is 0.829. The van der Waals surface area contributed by atoms with E-state index in [1.165, 1.54) is 12.1 Å². The molecule has 1 amide bonds. The van der Waals surface area contributed by atoms with Crippen LogP contribution >= 0.6 is 11.6 Å². The fourth-order valence-corrected chi connectivity index (χ4v) is 3.78. The van der Waals surface area contributed by atoms with E-state index in [1.54, 1.807) is 32.0 Å². The van der Waals surface area contributed by atoms with E-state index in [1.807, 2.05) is 0 Å². The number of carbonyl (C=O) groups is 1. The van der Waals surface area contributed by atoms with Crippen molar-refractivity contribution in [2.24, 2.45) is 0 Å². The molecule has 0 aromatic heterocycles. The standard InChI is InChI=1S/C17H18ClFN2O3S/c1-3-21(25(23,24)15-8-6-14(19)7-9-15)11-17(22)20-16-10-13(18)5-4-12(16)2/h4-10H,3,11H2,1-2H3,(H,20,22). The molecule has 0 unspecified atom stereocenters. The fraction of sp³-hybridized carbons (Fsp3) is 0.235. The second-order valence-corrected chi connectivity index (χ2v) is 7.77. The Kier molecular flexibility index (Phi) is 6.16. The molecule has 0 fully saturated rings. The second-order valence-electron chi connectivity index (χ2n) is 5.39. The lowest BCUT2D eigenvalue weighted by Crippen LogP contribution is -2.37. The Morgan fingerprint density at radius 2 is 1.84 bits per heavy atom. The van der Waals surface area contributed by atoms with Gasteiger partial charge in [0.05, 0.1) is 11.4 Å². The second kappa shape index (κ2) is 7.95. The summed E-state index contributed by atoms with van der Waals surface area (Å²) in [5.74, 6) is -1.02. The van der Waals surface area contributed by atoms with Crippen LogP contribution in [0.25, 0.3) is 0 Å². The molecule has 5 nitrogen and oxygen atoms in total. The van der Waals surface area contributed by atoms with Crippen molar-refractivity contribution < 1.29 is 17.6 Å². The third kappa shape index (κ3) is 4.78. The van der Waals surface area contributed by atoms with Gasteiger partial charge in [-0.15, -0.1) is 0 Å². The van der Waals surface area contributed by atoms with E-state index in [2.05, 4.69) is 5.32 Å². The van der Waals surface area contributed by atoms with Gasteiger partial charge >= 0.3 is 0 Å². The van der Waals surface area contributed by atoms with Crippen LogP contribution in [-0.4, -0.2) is 31.7 Å². The summed E-state index contributed by atoms with van der Waals surface area (Å²) in [7, 11) is -3.89. The minimum absolute atomic E-state index is 0.0671. The summed E-state index contributed by atoms with van der Waals surface area (Å²) in [6.07, 6.45) is 0. The predicted octanol–water partition coefficient (Wildman–Crippen LogP) is 3.44. The molecule has 0 radical (unpaired) electrons. The number of hydrogen-bond donors (Lipinski definition) is 1. The lowest BCUT2D eigenvalue weighted by Gasteiger charge is -2.20. The Balaban J connectivity index is 2.16. The molecule has 0 bridgehead atoms. The number of nitrogens with zero attached hydrogens (tertiary/aromatic N) is 1. The maximum atomic E-state index is 13.0. The van der Waals surface area contributed by atoms with Crippen molar-refractivity contribution >= 4 is 33.2 Å². The topological polar surface area (TPSA) is 66.5 Å². The Bertz CT molecular complexity index is 870. The molecular formula is C17H18ClFN2O3S. The number of hydrogen-bond acceptors (Lipinski definition) is 3. The monoisotopic (exact) mass is 384 g/mol. The molecule has 1 N–H and O–H groups in total. The first-order valence-corrected chi connectivity index (χ1v) is 9.37. The highest BCUT2D eigenvalue weighted by Gasteiger charge is 2.25. The number of likely N-dealkylation sites (N-methyl/N-ethyl adjacent to an activating group) is 1. The molecule has 2 aromatic rings. The normalized spacial score (nSPS) is 11.6. The van der Waals surface area contributed by atoms with E-state index < -0.39 is 21.7 Å². The van der Waals surface area contributed by atoms with Gasteiger partial charge in [0.1, 0.15) is 5.82 Å².